The molecule has 2 heteroatoms. The molecule has 0 spiro atoms. The number of carbonyl (C=O) groups excluding carboxylic acids is 1. The topological polar surface area (TPSA) is 26.3 Å². The first kappa shape index (κ1) is 9.03. The van der Waals surface area contributed by atoms with Gasteiger partial charge in [0.2, 0.25) is 0 Å². The molecule has 1 atom stereocenters. The highest BCUT2D eigenvalue weighted by Crippen LogP contribution is 1.99. The maximum atomic E-state index is 10.4. The molecular formula is C8H12O2. The van der Waals surface area contributed by atoms with Crippen LogP contribution in [-0.2, 0) is 9.53 Å². The molecule has 0 aromatic rings. The van der Waals surface area contributed by atoms with Crippen molar-refractivity contribution in [2.75, 3.05) is 0 Å². The first-order valence-electron chi connectivity index (χ1n) is 3.38. The number of terminal acetylenes is 1. The van der Waals surface area contributed by atoms with E-state index in [0.717, 1.165) is 12.8 Å². The first-order chi connectivity index (χ1) is 4.70. The van der Waals surface area contributed by atoms with Gasteiger partial charge in [-0.2, -0.15) is 0 Å². The lowest BCUT2D eigenvalue weighted by Crippen LogP contribution is -2.12. The summed E-state index contributed by atoms with van der Waals surface area (Å²) in [6, 6.07) is 0. The van der Waals surface area contributed by atoms with Gasteiger partial charge in [-0.25, -0.2) is 4.79 Å². The van der Waals surface area contributed by atoms with Crippen LogP contribution in [0, 0.1) is 12.3 Å². The predicted molar refractivity (Wildman–Crippen MR) is 39.3 cm³/mol. The van der Waals surface area contributed by atoms with Crippen LogP contribution in [0.3, 0.4) is 0 Å². The lowest BCUT2D eigenvalue weighted by atomic mass is 10.2. The fourth-order valence-corrected chi connectivity index (χ4v) is 0.682. The van der Waals surface area contributed by atoms with E-state index in [1.165, 1.54) is 0 Å². The van der Waals surface area contributed by atoms with Crippen LogP contribution < -0.4 is 0 Å². The fourth-order valence-electron chi connectivity index (χ4n) is 0.682. The Morgan fingerprint density at radius 1 is 1.80 bits per heavy atom. The Balaban J connectivity index is 3.49. The lowest BCUT2D eigenvalue weighted by molar-refractivity contribution is -0.141. The van der Waals surface area contributed by atoms with E-state index in [-0.39, 0.29) is 6.10 Å². The monoisotopic (exact) mass is 140 g/mol. The number of hydrogen-bond acceptors (Lipinski definition) is 2. The van der Waals surface area contributed by atoms with Gasteiger partial charge in [-0.3, -0.25) is 0 Å². The molecule has 0 saturated heterocycles. The summed E-state index contributed by atoms with van der Waals surface area (Å²) in [4.78, 5) is 10.4. The molecule has 0 aliphatic rings. The van der Waals surface area contributed by atoms with Crippen molar-refractivity contribution < 1.29 is 9.53 Å². The highest BCUT2D eigenvalue weighted by molar-refractivity contribution is 5.87. The Morgan fingerprint density at radius 3 is 2.80 bits per heavy atom. The SMILES string of the molecule is C#CC(=O)OC(C)CCC. The van der Waals surface area contributed by atoms with Gasteiger partial charge in [0.05, 0.1) is 6.10 Å². The summed E-state index contributed by atoms with van der Waals surface area (Å²) in [5, 5.41) is 0. The largest absolute Gasteiger partial charge is 0.453 e. The summed E-state index contributed by atoms with van der Waals surface area (Å²) in [7, 11) is 0. The van der Waals surface area contributed by atoms with Crippen LogP contribution in [0.5, 0.6) is 0 Å². The second-order valence-electron chi connectivity index (χ2n) is 2.15. The van der Waals surface area contributed by atoms with Crippen molar-refractivity contribution in [1.82, 2.24) is 0 Å². The molecule has 0 N–H and O–H groups in total. The Morgan fingerprint density at radius 2 is 2.40 bits per heavy atom. The summed E-state index contributed by atoms with van der Waals surface area (Å²) in [6.07, 6.45) is 6.61. The van der Waals surface area contributed by atoms with Crippen LogP contribution in [-0.4, -0.2) is 12.1 Å². The zero-order valence-electron chi connectivity index (χ0n) is 6.39. The van der Waals surface area contributed by atoms with Gasteiger partial charge in [0.25, 0.3) is 0 Å². The van der Waals surface area contributed by atoms with E-state index in [0.29, 0.717) is 0 Å². The molecule has 0 aliphatic heterocycles. The summed E-state index contributed by atoms with van der Waals surface area (Å²) in [5.74, 6) is 1.32. The van der Waals surface area contributed by atoms with Gasteiger partial charge in [0, 0.05) is 5.92 Å². The van der Waals surface area contributed by atoms with Crippen LogP contribution in [0.25, 0.3) is 0 Å². The van der Waals surface area contributed by atoms with Crippen LogP contribution in [0.2, 0.25) is 0 Å². The van der Waals surface area contributed by atoms with Gasteiger partial charge in [-0.05, 0) is 13.3 Å². The van der Waals surface area contributed by atoms with Crippen molar-refractivity contribution in [3.8, 4) is 12.3 Å². The zero-order valence-corrected chi connectivity index (χ0v) is 6.39. The number of ether oxygens (including phenoxy) is 1. The van der Waals surface area contributed by atoms with Crippen molar-refractivity contribution >= 4 is 5.97 Å². The van der Waals surface area contributed by atoms with Crippen molar-refractivity contribution in [2.45, 2.75) is 32.8 Å². The molecule has 0 saturated carbocycles. The van der Waals surface area contributed by atoms with Gasteiger partial charge in [-0.1, -0.05) is 13.3 Å². The molecule has 0 aromatic heterocycles. The molecule has 0 aromatic carbocycles. The standard InChI is InChI=1S/C8H12O2/c1-4-6-7(3)10-8(9)5-2/h2,7H,4,6H2,1,3H3. The molecule has 0 radical (unpaired) electrons. The van der Waals surface area contributed by atoms with Crippen molar-refractivity contribution in [1.29, 1.82) is 0 Å². The molecule has 10 heavy (non-hydrogen) atoms. The van der Waals surface area contributed by atoms with Gasteiger partial charge in [0.1, 0.15) is 0 Å². The number of hydrogen-bond donors (Lipinski definition) is 0. The minimum absolute atomic E-state index is 0.0476. The van der Waals surface area contributed by atoms with Crippen molar-refractivity contribution in [2.24, 2.45) is 0 Å². The summed E-state index contributed by atoms with van der Waals surface area (Å²) < 4.78 is 4.76. The van der Waals surface area contributed by atoms with Gasteiger partial charge < -0.3 is 4.74 Å². The zero-order chi connectivity index (χ0) is 7.98. The molecule has 0 bridgehead atoms. The summed E-state index contributed by atoms with van der Waals surface area (Å²) in [5.41, 5.74) is 0. The Hall–Kier alpha value is -0.970. The third-order valence-electron chi connectivity index (χ3n) is 1.12. The van der Waals surface area contributed by atoms with E-state index in [4.69, 9.17) is 11.2 Å². The molecule has 56 valence electrons. The third-order valence-corrected chi connectivity index (χ3v) is 1.12. The molecule has 0 fully saturated rings. The molecule has 0 amide bonds. The third kappa shape index (κ3) is 3.96. The summed E-state index contributed by atoms with van der Waals surface area (Å²) >= 11 is 0. The Bertz CT molecular complexity index is 144. The summed E-state index contributed by atoms with van der Waals surface area (Å²) in [6.45, 7) is 3.86. The average Bonchev–Trinajstić information content (AvgIpc) is 1.88. The second kappa shape index (κ2) is 4.87. The van der Waals surface area contributed by atoms with Crippen LogP contribution in [0.1, 0.15) is 26.7 Å². The molecule has 0 aliphatic carbocycles. The molecule has 0 rings (SSSR count). The van der Waals surface area contributed by atoms with Crippen LogP contribution in [0.15, 0.2) is 0 Å². The normalized spacial score (nSPS) is 11.7. The van der Waals surface area contributed by atoms with Crippen LogP contribution in [0.4, 0.5) is 0 Å². The quantitative estimate of drug-likeness (QED) is 0.336. The maximum Gasteiger partial charge on any atom is 0.384 e. The van der Waals surface area contributed by atoms with Gasteiger partial charge >= 0.3 is 5.97 Å². The fraction of sp³-hybridized carbons (Fsp3) is 0.625. The number of carbonyl (C=O) groups is 1. The molecular weight excluding hydrogens is 128 g/mol. The Labute approximate surface area is 61.6 Å². The highest BCUT2D eigenvalue weighted by Gasteiger charge is 2.03. The van der Waals surface area contributed by atoms with E-state index >= 15 is 0 Å². The lowest BCUT2D eigenvalue weighted by Gasteiger charge is -2.08. The van der Waals surface area contributed by atoms with E-state index in [1.807, 2.05) is 19.8 Å². The molecule has 0 heterocycles. The molecule has 2 nitrogen and oxygen atoms in total. The van der Waals surface area contributed by atoms with Crippen molar-refractivity contribution in [3.05, 3.63) is 0 Å². The van der Waals surface area contributed by atoms with E-state index in [1.54, 1.807) is 0 Å². The van der Waals surface area contributed by atoms with Crippen molar-refractivity contribution in [3.63, 3.8) is 0 Å². The minimum Gasteiger partial charge on any atom is -0.453 e. The number of rotatable bonds is 3. The second-order valence-corrected chi connectivity index (χ2v) is 2.15. The van der Waals surface area contributed by atoms with Gasteiger partial charge in [-0.15, -0.1) is 6.42 Å². The van der Waals surface area contributed by atoms with Gasteiger partial charge in [0.15, 0.2) is 0 Å². The number of esters is 1. The molecule has 1 unspecified atom stereocenters. The smallest absolute Gasteiger partial charge is 0.384 e. The average molecular weight is 140 g/mol. The first-order valence-corrected chi connectivity index (χ1v) is 3.38. The predicted octanol–water partition coefficient (Wildman–Crippen LogP) is 1.35. The van der Waals surface area contributed by atoms with E-state index in [2.05, 4.69) is 0 Å². The van der Waals surface area contributed by atoms with E-state index in [9.17, 15) is 4.79 Å². The Kier molecular flexibility index (Phi) is 4.39. The van der Waals surface area contributed by atoms with E-state index < -0.39 is 5.97 Å². The highest BCUT2D eigenvalue weighted by atomic mass is 16.5. The van der Waals surface area contributed by atoms with Crippen LogP contribution >= 0.6 is 0 Å². The minimum atomic E-state index is -0.569. The maximum absolute atomic E-state index is 10.4.